The van der Waals surface area contributed by atoms with Crippen molar-refractivity contribution in [3.05, 3.63) is 54.6 Å². The lowest BCUT2D eigenvalue weighted by atomic mass is 10.3. The van der Waals surface area contributed by atoms with E-state index in [1.54, 1.807) is 30.5 Å². The Balaban J connectivity index is 2.07. The van der Waals surface area contributed by atoms with Crippen molar-refractivity contribution in [1.82, 2.24) is 5.32 Å². The van der Waals surface area contributed by atoms with E-state index in [1.807, 2.05) is 30.3 Å². The van der Waals surface area contributed by atoms with Crippen molar-refractivity contribution in [3.8, 4) is 17.7 Å². The molecule has 2 rings (SSSR count). The van der Waals surface area contributed by atoms with Crippen LogP contribution in [-0.2, 0) is 0 Å². The minimum absolute atomic E-state index is 0.0548. The molecule has 5 nitrogen and oxygen atoms in total. The molecule has 0 atom stereocenters. The zero-order valence-electron chi connectivity index (χ0n) is 10.1. The summed E-state index contributed by atoms with van der Waals surface area (Å²) >= 11 is 0. The fourth-order valence-electron chi connectivity index (χ4n) is 1.44. The quantitative estimate of drug-likeness (QED) is 0.380. The van der Waals surface area contributed by atoms with Crippen LogP contribution in [0.5, 0.6) is 11.5 Å². The third-order valence-corrected chi connectivity index (χ3v) is 2.25. The van der Waals surface area contributed by atoms with Crippen molar-refractivity contribution in [2.75, 3.05) is 0 Å². The summed E-state index contributed by atoms with van der Waals surface area (Å²) in [6.07, 6.45) is 1.70. The first-order valence-electron chi connectivity index (χ1n) is 5.60. The van der Waals surface area contributed by atoms with E-state index in [0.717, 1.165) is 5.75 Å². The van der Waals surface area contributed by atoms with Crippen molar-refractivity contribution in [3.63, 3.8) is 0 Å². The van der Waals surface area contributed by atoms with Gasteiger partial charge in [0.05, 0.1) is 5.69 Å². The Kier molecular flexibility index (Phi) is 3.98. The Morgan fingerprint density at radius 3 is 2.32 bits per heavy atom. The number of nitrogens with zero attached hydrogens (tertiary/aromatic N) is 2. The van der Waals surface area contributed by atoms with Gasteiger partial charge in [-0.1, -0.05) is 18.2 Å². The minimum Gasteiger partial charge on any atom is -0.457 e. The molecule has 94 valence electrons. The molecule has 0 spiro atoms. The summed E-state index contributed by atoms with van der Waals surface area (Å²) in [6, 6.07) is 16.6. The van der Waals surface area contributed by atoms with Gasteiger partial charge in [-0.25, -0.2) is 4.99 Å². The van der Waals surface area contributed by atoms with E-state index in [4.69, 9.17) is 15.7 Å². The molecule has 0 radical (unpaired) electrons. The molecule has 0 aromatic heterocycles. The highest BCUT2D eigenvalue weighted by Gasteiger charge is 1.97. The van der Waals surface area contributed by atoms with Gasteiger partial charge in [0.25, 0.3) is 0 Å². The molecule has 0 aliphatic carbocycles. The Hall–Kier alpha value is -3.00. The van der Waals surface area contributed by atoms with Crippen molar-refractivity contribution in [1.29, 1.82) is 5.26 Å². The van der Waals surface area contributed by atoms with E-state index in [2.05, 4.69) is 10.3 Å². The highest BCUT2D eigenvalue weighted by atomic mass is 16.5. The van der Waals surface area contributed by atoms with Crippen LogP contribution in [0.4, 0.5) is 5.69 Å². The van der Waals surface area contributed by atoms with E-state index in [-0.39, 0.29) is 5.96 Å². The van der Waals surface area contributed by atoms with E-state index in [0.29, 0.717) is 11.4 Å². The maximum absolute atomic E-state index is 8.38. The SMILES string of the molecule is N#CNC(N)=Nc1ccc(Oc2ccccc2)cc1. The lowest BCUT2D eigenvalue weighted by molar-refractivity contribution is 0.483. The summed E-state index contributed by atoms with van der Waals surface area (Å²) in [5, 5.41) is 10.6. The van der Waals surface area contributed by atoms with Crippen molar-refractivity contribution >= 4 is 11.6 Å². The second-order valence-electron chi connectivity index (χ2n) is 3.64. The first-order valence-corrected chi connectivity index (χ1v) is 5.60. The highest BCUT2D eigenvalue weighted by molar-refractivity contribution is 5.82. The Bertz CT molecular complexity index is 600. The average molecular weight is 252 g/mol. The summed E-state index contributed by atoms with van der Waals surface area (Å²) in [6.45, 7) is 0. The average Bonchev–Trinajstić information content (AvgIpc) is 2.42. The van der Waals surface area contributed by atoms with Crippen LogP contribution in [-0.4, -0.2) is 5.96 Å². The number of guanidine groups is 1. The smallest absolute Gasteiger partial charge is 0.207 e. The summed E-state index contributed by atoms with van der Waals surface area (Å²) < 4.78 is 5.64. The molecule has 0 amide bonds. The number of ether oxygens (including phenoxy) is 1. The number of para-hydroxylation sites is 1. The molecule has 0 fully saturated rings. The third kappa shape index (κ3) is 3.75. The lowest BCUT2D eigenvalue weighted by Crippen LogP contribution is -2.26. The molecule has 3 N–H and O–H groups in total. The first-order chi connectivity index (χ1) is 9.28. The molecular weight excluding hydrogens is 240 g/mol. The molecule has 0 bridgehead atoms. The topological polar surface area (TPSA) is 83.4 Å². The van der Waals surface area contributed by atoms with Gasteiger partial charge in [0.15, 0.2) is 6.19 Å². The number of nitrogens with two attached hydrogens (primary N) is 1. The van der Waals surface area contributed by atoms with Crippen molar-refractivity contribution < 1.29 is 4.74 Å². The number of nitriles is 1. The molecule has 19 heavy (non-hydrogen) atoms. The van der Waals surface area contributed by atoms with Gasteiger partial charge >= 0.3 is 0 Å². The van der Waals surface area contributed by atoms with Gasteiger partial charge in [0, 0.05) is 0 Å². The van der Waals surface area contributed by atoms with Crippen molar-refractivity contribution in [2.24, 2.45) is 10.7 Å². The first kappa shape index (κ1) is 12.5. The monoisotopic (exact) mass is 252 g/mol. The third-order valence-electron chi connectivity index (χ3n) is 2.25. The van der Waals surface area contributed by atoms with Gasteiger partial charge in [-0.3, -0.25) is 5.32 Å². The van der Waals surface area contributed by atoms with Crippen LogP contribution in [0.25, 0.3) is 0 Å². The minimum atomic E-state index is 0.0548. The maximum Gasteiger partial charge on any atom is 0.207 e. The summed E-state index contributed by atoms with van der Waals surface area (Å²) in [4.78, 5) is 4.00. The number of hydrogen-bond donors (Lipinski definition) is 2. The molecule has 0 aliphatic heterocycles. The predicted molar refractivity (Wildman–Crippen MR) is 73.0 cm³/mol. The zero-order valence-corrected chi connectivity index (χ0v) is 10.1. The van der Waals surface area contributed by atoms with Crippen LogP contribution in [0.15, 0.2) is 59.6 Å². The zero-order chi connectivity index (χ0) is 13.5. The van der Waals surface area contributed by atoms with Crippen LogP contribution in [0, 0.1) is 11.5 Å². The van der Waals surface area contributed by atoms with Crippen molar-refractivity contribution in [2.45, 2.75) is 0 Å². The predicted octanol–water partition coefficient (Wildman–Crippen LogP) is 2.50. The number of benzene rings is 2. The molecular formula is C14H12N4O. The molecule has 2 aromatic carbocycles. The fourth-order valence-corrected chi connectivity index (χ4v) is 1.44. The van der Waals surface area contributed by atoms with Gasteiger partial charge in [-0.2, -0.15) is 5.26 Å². The van der Waals surface area contributed by atoms with E-state index >= 15 is 0 Å². The Morgan fingerprint density at radius 2 is 1.68 bits per heavy atom. The second kappa shape index (κ2) is 6.07. The standard InChI is InChI=1S/C14H12N4O/c15-10-17-14(16)18-11-6-8-13(9-7-11)19-12-4-2-1-3-5-12/h1-9H,(H3,16,17,18). The molecule has 0 aliphatic rings. The van der Waals surface area contributed by atoms with E-state index < -0.39 is 0 Å². The normalized spacial score (nSPS) is 10.6. The van der Waals surface area contributed by atoms with Gasteiger partial charge in [-0.15, -0.1) is 0 Å². The molecule has 0 saturated heterocycles. The van der Waals surface area contributed by atoms with Gasteiger partial charge in [0.1, 0.15) is 11.5 Å². The highest BCUT2D eigenvalue weighted by Crippen LogP contribution is 2.23. The van der Waals surface area contributed by atoms with Gasteiger partial charge in [0.2, 0.25) is 5.96 Å². The molecule has 0 unspecified atom stereocenters. The molecule has 5 heteroatoms. The molecule has 2 aromatic rings. The summed E-state index contributed by atoms with van der Waals surface area (Å²) in [5.74, 6) is 1.53. The van der Waals surface area contributed by atoms with Gasteiger partial charge in [-0.05, 0) is 36.4 Å². The molecule has 0 saturated carbocycles. The Morgan fingerprint density at radius 1 is 1.05 bits per heavy atom. The molecule has 0 heterocycles. The Labute approximate surface area is 111 Å². The fraction of sp³-hybridized carbons (Fsp3) is 0. The van der Waals surface area contributed by atoms with Crippen LogP contribution in [0.1, 0.15) is 0 Å². The van der Waals surface area contributed by atoms with Crippen LogP contribution >= 0.6 is 0 Å². The van der Waals surface area contributed by atoms with E-state index in [1.165, 1.54) is 0 Å². The summed E-state index contributed by atoms with van der Waals surface area (Å²) in [7, 11) is 0. The lowest BCUT2D eigenvalue weighted by Gasteiger charge is -2.05. The number of hydrogen-bond acceptors (Lipinski definition) is 3. The maximum atomic E-state index is 8.38. The number of rotatable bonds is 3. The summed E-state index contributed by atoms with van der Waals surface area (Å²) in [5.41, 5.74) is 6.10. The van der Waals surface area contributed by atoms with Crippen LogP contribution in [0.2, 0.25) is 0 Å². The van der Waals surface area contributed by atoms with Gasteiger partial charge < -0.3 is 10.5 Å². The van der Waals surface area contributed by atoms with Crippen LogP contribution in [0.3, 0.4) is 0 Å². The number of nitrogens with one attached hydrogen (secondary N) is 1. The number of aliphatic imine (C=N–C) groups is 1. The van der Waals surface area contributed by atoms with Crippen LogP contribution < -0.4 is 15.8 Å². The largest absolute Gasteiger partial charge is 0.457 e. The van der Waals surface area contributed by atoms with E-state index in [9.17, 15) is 0 Å². The second-order valence-corrected chi connectivity index (χ2v) is 3.64.